The van der Waals surface area contributed by atoms with Crippen molar-refractivity contribution in [2.75, 3.05) is 51.9 Å². The molecule has 4 saturated heterocycles. The molecule has 41 heteroatoms. The normalized spacial score (nSPS) is 35.3. The standard InChI is InChI=1S/C21H34N5O15P.C19H31N4O15P/c1-8(27)24-13-9(28)5-21(19(33)34,40-17(13)14(30)10(29)6-23-2)41-42(36,37)38-7-11-15(31)16(32)18(39-11)26-4-3-12(22)25-20(26)35;1-21-11-7(25)4-19(17(30)31,37-15(11)12(27)8(26)5-24)38-39(33,34)35-6-9-13(28)14(29)16(36-9)23-3-2-10(20)22-18(23)32/h3-4,9-11,13-18,23,28-32H,5-7H2,1-2H3,(H,24,27)(H,33,34)(H,36,37)(H2,22,25,35);2-3,7-9,11-16,21,24-29H,4-6H2,1H3,(H,30,31)(H,33,34)(H2,20,22,32)/p-2. The SMILES string of the molecule is CNC1C(O)CC(OP(=O)([O-])OCC2OC(n3ccc(N)nc3=O)C(O)C2O)(C(=O)O)OC1C(O)C(O)CO.CNCC(O)C(O)C1OC(OP(=O)([O-])OCC2OC(n3ccc(N)nc3=O)C(O)C2O)(C(=O)O)CC(O)C1NC(C)=O. The molecular formula is C40H63N9O30P2-2. The van der Waals surface area contributed by atoms with Crippen LogP contribution in [-0.4, -0.2) is 253 Å². The van der Waals surface area contributed by atoms with Gasteiger partial charge in [0, 0.05) is 38.7 Å². The lowest BCUT2D eigenvalue weighted by molar-refractivity contribution is -0.314. The van der Waals surface area contributed by atoms with Crippen LogP contribution < -0.4 is 48.6 Å². The number of aliphatic hydroxyl groups is 11. The number of nitrogen functional groups attached to an aromatic ring is 2. The van der Waals surface area contributed by atoms with Gasteiger partial charge < -0.3 is 132 Å². The first-order chi connectivity index (χ1) is 37.7. The number of nitrogens with zero attached hydrogens (tertiary/aromatic N) is 4. The predicted octanol–water partition coefficient (Wildman–Crippen LogP) is -11.5. The molecule has 20 N–H and O–H groups in total. The van der Waals surface area contributed by atoms with E-state index in [9.17, 15) is 104 Å². The third kappa shape index (κ3) is 15.7. The van der Waals surface area contributed by atoms with Crippen LogP contribution in [0.15, 0.2) is 34.1 Å². The number of rotatable bonds is 23. The van der Waals surface area contributed by atoms with Gasteiger partial charge >= 0.3 is 23.3 Å². The summed E-state index contributed by atoms with van der Waals surface area (Å²) in [5.41, 5.74) is 8.94. The number of nitrogens with one attached hydrogen (secondary N) is 3. The summed E-state index contributed by atoms with van der Waals surface area (Å²) < 4.78 is 67.0. The van der Waals surface area contributed by atoms with E-state index in [1.165, 1.54) is 26.2 Å². The van der Waals surface area contributed by atoms with Gasteiger partial charge in [-0.25, -0.2) is 19.2 Å². The van der Waals surface area contributed by atoms with Crippen molar-refractivity contribution in [1.29, 1.82) is 0 Å². The molecule has 22 atom stereocenters. The van der Waals surface area contributed by atoms with E-state index in [0.29, 0.717) is 0 Å². The summed E-state index contributed by atoms with van der Waals surface area (Å²) in [7, 11) is -8.69. The van der Waals surface area contributed by atoms with Gasteiger partial charge in [0.25, 0.3) is 27.2 Å². The summed E-state index contributed by atoms with van der Waals surface area (Å²) in [6.07, 6.45) is -27.8. The van der Waals surface area contributed by atoms with Crippen molar-refractivity contribution in [2.24, 2.45) is 0 Å². The molecule has 0 spiro atoms. The Balaban J connectivity index is 0.000000298. The van der Waals surface area contributed by atoms with Crippen LogP contribution in [-0.2, 0) is 60.6 Å². The van der Waals surface area contributed by atoms with Crippen molar-refractivity contribution >= 4 is 45.1 Å². The first-order valence-electron chi connectivity index (χ1n) is 23.8. The highest BCUT2D eigenvalue weighted by molar-refractivity contribution is 7.46. The number of hydrogen-bond acceptors (Lipinski definition) is 34. The number of aliphatic hydroxyl groups excluding tert-OH is 11. The van der Waals surface area contributed by atoms with Gasteiger partial charge in [0.15, 0.2) is 12.5 Å². The van der Waals surface area contributed by atoms with Gasteiger partial charge in [0.1, 0.15) is 78.8 Å². The van der Waals surface area contributed by atoms with Gasteiger partial charge in [-0.2, -0.15) is 9.97 Å². The molecule has 2 aromatic heterocycles. The van der Waals surface area contributed by atoms with Crippen LogP contribution in [0.1, 0.15) is 32.2 Å². The molecular weight excluding hydrogens is 1150 g/mol. The lowest BCUT2D eigenvalue weighted by atomic mass is 9.88. The van der Waals surface area contributed by atoms with Crippen LogP contribution in [0.5, 0.6) is 0 Å². The molecule has 39 nitrogen and oxygen atoms in total. The van der Waals surface area contributed by atoms with Gasteiger partial charge in [0.05, 0.1) is 50.2 Å². The third-order valence-corrected chi connectivity index (χ3v) is 14.8. The van der Waals surface area contributed by atoms with E-state index in [-0.39, 0.29) is 18.2 Å². The molecule has 0 aromatic carbocycles. The number of carboxylic acids is 2. The number of anilines is 2. The number of ether oxygens (including phenoxy) is 4. The molecule has 4 aliphatic rings. The summed E-state index contributed by atoms with van der Waals surface area (Å²) >= 11 is 0. The van der Waals surface area contributed by atoms with E-state index in [4.69, 9.17) is 44.6 Å². The van der Waals surface area contributed by atoms with Gasteiger partial charge in [-0.3, -0.25) is 32.1 Å². The molecule has 81 heavy (non-hydrogen) atoms. The number of carbonyl (C=O) groups excluding carboxylic acids is 1. The zero-order valence-electron chi connectivity index (χ0n) is 42.5. The maximum Gasteiger partial charge on any atom is 0.364 e. The van der Waals surface area contributed by atoms with Crippen LogP contribution in [0.2, 0.25) is 0 Å². The second kappa shape index (κ2) is 27.3. The largest absolute Gasteiger partial charge is 0.756 e. The minimum atomic E-state index is -5.73. The first-order valence-corrected chi connectivity index (χ1v) is 26.8. The molecule has 1 amide bonds. The van der Waals surface area contributed by atoms with Crippen molar-refractivity contribution in [3.05, 3.63) is 45.5 Å². The van der Waals surface area contributed by atoms with Crippen LogP contribution in [0.3, 0.4) is 0 Å². The fourth-order valence-corrected chi connectivity index (χ4v) is 10.7. The number of carboxylic acid groups (broad SMARTS) is 2. The van der Waals surface area contributed by atoms with Crippen molar-refractivity contribution in [3.8, 4) is 0 Å². The maximum atomic E-state index is 12.8. The molecule has 2 aromatic rings. The topological polar surface area (TPSA) is 626 Å². The summed E-state index contributed by atoms with van der Waals surface area (Å²) in [6, 6.07) is -0.315. The third-order valence-electron chi connectivity index (χ3n) is 12.8. The Hall–Kier alpha value is -4.69. The van der Waals surface area contributed by atoms with Crippen LogP contribution in [0, 0.1) is 0 Å². The molecule has 0 aliphatic carbocycles. The maximum absolute atomic E-state index is 12.8. The highest BCUT2D eigenvalue weighted by atomic mass is 31.2. The minimum absolute atomic E-state index is 0.127. The Morgan fingerprint density at radius 1 is 0.728 bits per heavy atom. The van der Waals surface area contributed by atoms with Crippen molar-refractivity contribution in [1.82, 2.24) is 35.1 Å². The lowest BCUT2D eigenvalue weighted by Gasteiger charge is -2.47. The van der Waals surface area contributed by atoms with E-state index in [1.54, 1.807) is 0 Å². The number of nitrogens with two attached hydrogens (primary N) is 2. The van der Waals surface area contributed by atoms with E-state index in [0.717, 1.165) is 28.5 Å². The zero-order chi connectivity index (χ0) is 60.9. The van der Waals surface area contributed by atoms with E-state index < -0.39 is 199 Å². The molecule has 4 aliphatic heterocycles. The number of hydrogen-bond donors (Lipinski definition) is 18. The van der Waals surface area contributed by atoms with E-state index >= 15 is 0 Å². The molecule has 0 saturated carbocycles. The summed E-state index contributed by atoms with van der Waals surface area (Å²) in [5.74, 6) is -11.5. The quantitative estimate of drug-likeness (QED) is 0.0459. The fraction of sp³-hybridized carbons (Fsp3) is 0.725. The molecule has 0 bridgehead atoms. The highest BCUT2D eigenvalue weighted by Gasteiger charge is 2.59. The van der Waals surface area contributed by atoms with Crippen molar-refractivity contribution in [2.45, 2.75) is 141 Å². The van der Waals surface area contributed by atoms with Crippen LogP contribution in [0.25, 0.3) is 0 Å². The van der Waals surface area contributed by atoms with Gasteiger partial charge in [-0.1, -0.05) is 0 Å². The minimum Gasteiger partial charge on any atom is -0.756 e. The molecule has 22 unspecified atom stereocenters. The second-order valence-corrected chi connectivity index (χ2v) is 21.2. The van der Waals surface area contributed by atoms with E-state index in [1.807, 2.05) is 0 Å². The number of aromatic nitrogens is 4. The molecule has 6 rings (SSSR count). The monoisotopic (exact) mass is 1210 g/mol. The van der Waals surface area contributed by atoms with Gasteiger partial charge in [0.2, 0.25) is 5.91 Å². The first kappa shape index (κ1) is 67.1. The lowest BCUT2D eigenvalue weighted by Crippen LogP contribution is -2.68. The summed E-state index contributed by atoms with van der Waals surface area (Å²) in [4.78, 5) is 92.4. The molecule has 460 valence electrons. The smallest absolute Gasteiger partial charge is 0.364 e. The average molecular weight is 1210 g/mol. The highest BCUT2D eigenvalue weighted by Crippen LogP contribution is 2.50. The fourth-order valence-electron chi connectivity index (χ4n) is 8.78. The van der Waals surface area contributed by atoms with Gasteiger partial charge in [-0.15, -0.1) is 0 Å². The summed E-state index contributed by atoms with van der Waals surface area (Å²) in [6.45, 7) is -2.25. The Morgan fingerprint density at radius 3 is 1.48 bits per heavy atom. The number of aliphatic carboxylic acids is 2. The predicted molar refractivity (Wildman–Crippen MR) is 254 cm³/mol. The van der Waals surface area contributed by atoms with E-state index in [2.05, 4.69) is 35.0 Å². The number of phosphoric ester groups is 2. The van der Waals surface area contributed by atoms with Crippen molar-refractivity contribution < 1.29 is 137 Å². The number of amides is 1. The number of phosphoric acid groups is 2. The number of likely N-dealkylation sites (N-methyl/N-ethyl adjacent to an activating group) is 2. The summed E-state index contributed by atoms with van der Waals surface area (Å²) in [5, 5.41) is 139. The Labute approximate surface area is 455 Å². The van der Waals surface area contributed by atoms with Gasteiger partial charge in [-0.05, 0) is 26.2 Å². The van der Waals surface area contributed by atoms with Crippen molar-refractivity contribution in [3.63, 3.8) is 0 Å². The Kier molecular flexibility index (Phi) is 22.7. The number of carbonyl (C=O) groups is 3. The van der Waals surface area contributed by atoms with Crippen LogP contribution in [0.4, 0.5) is 11.6 Å². The Bertz CT molecular complexity index is 2720. The zero-order valence-corrected chi connectivity index (χ0v) is 44.3. The second-order valence-electron chi connectivity index (χ2n) is 18.6. The van der Waals surface area contributed by atoms with Crippen LogP contribution >= 0.6 is 15.6 Å². The Morgan fingerprint density at radius 2 is 1.12 bits per heavy atom. The molecule has 4 fully saturated rings. The molecule has 0 radical (unpaired) electrons. The molecule has 6 heterocycles. The average Bonchev–Trinajstić information content (AvgIpc) is 3.83.